The summed E-state index contributed by atoms with van der Waals surface area (Å²) in [6, 6.07) is -0.692. The first-order valence-electron chi connectivity index (χ1n) is 8.94. The molecule has 172 valence electrons. The Morgan fingerprint density at radius 2 is 1.97 bits per heavy atom. The number of hydrogen-bond acceptors (Lipinski definition) is 8. The molecule has 0 radical (unpaired) electrons. The van der Waals surface area contributed by atoms with E-state index < -0.39 is 63.8 Å². The number of nitrogens with one attached hydrogen (secondary N) is 1. The molecule has 0 saturated carbocycles. The number of H-pyrrole nitrogens is 1. The Kier molecular flexibility index (Phi) is 6.79. The van der Waals surface area contributed by atoms with E-state index in [4.69, 9.17) is 24.3 Å². The molecule has 2 aromatic rings. The minimum absolute atomic E-state index is 0.00337. The normalized spacial score (nSPS) is 21.0. The molecule has 3 rings (SSSR count). The van der Waals surface area contributed by atoms with Gasteiger partial charge in [-0.1, -0.05) is 0 Å². The van der Waals surface area contributed by atoms with Crippen molar-refractivity contribution in [2.24, 2.45) is 0 Å². The molecule has 1 aliphatic rings. The second kappa shape index (κ2) is 8.88. The molecule has 3 atom stereocenters. The summed E-state index contributed by atoms with van der Waals surface area (Å²) in [7, 11) is -9.20. The number of aromatic amines is 1. The maximum absolute atomic E-state index is 12.4. The van der Waals surface area contributed by atoms with Crippen LogP contribution in [0.3, 0.4) is 0 Å². The number of aliphatic hydroxyl groups is 1. The van der Waals surface area contributed by atoms with Crippen molar-refractivity contribution >= 4 is 32.3 Å². The standard InChI is InChI=1S/C14H21N5O10P2/c20-10(1-2-30(23,24)25)18-3-8(9(4-18)29-5-11(21)31(26,27)28)19-7-17-12-13(19)15-6-16-14(12)22/h6-9,11,21H,1-5H2,(H,15,16,22)(H2,23,24,25)(H2,26,27,28)/t8?,9-,11?/m0/s1. The van der Waals surface area contributed by atoms with E-state index in [0.29, 0.717) is 0 Å². The van der Waals surface area contributed by atoms with Crippen LogP contribution in [0.2, 0.25) is 0 Å². The predicted molar refractivity (Wildman–Crippen MR) is 103 cm³/mol. The Bertz CT molecular complexity index is 1110. The predicted octanol–water partition coefficient (Wildman–Crippen LogP) is -2.05. The zero-order chi connectivity index (χ0) is 23.0. The summed E-state index contributed by atoms with van der Waals surface area (Å²) in [6.07, 6.45) is 0.529. The van der Waals surface area contributed by atoms with Gasteiger partial charge in [0.25, 0.3) is 5.56 Å². The number of likely N-dealkylation sites (tertiary alicyclic amines) is 1. The van der Waals surface area contributed by atoms with Crippen molar-refractivity contribution in [2.75, 3.05) is 25.9 Å². The molecule has 2 aromatic heterocycles. The van der Waals surface area contributed by atoms with Gasteiger partial charge in [-0.2, -0.15) is 0 Å². The molecule has 15 nitrogen and oxygen atoms in total. The monoisotopic (exact) mass is 481 g/mol. The SMILES string of the molecule is O=C(CCP(=O)(O)O)N1CC(n2cnc3c(=O)[nH]cnc32)[C@@H](OCC(O)P(=O)(O)O)C1. The molecule has 2 unspecified atom stereocenters. The highest BCUT2D eigenvalue weighted by atomic mass is 31.2. The number of ether oxygens (including phenoxy) is 1. The summed E-state index contributed by atoms with van der Waals surface area (Å²) in [5, 5.41) is 9.59. The number of carbonyl (C=O) groups excluding carboxylic acids is 1. The highest BCUT2D eigenvalue weighted by Gasteiger charge is 2.39. The van der Waals surface area contributed by atoms with Crippen molar-refractivity contribution in [3.05, 3.63) is 23.0 Å². The number of imidazole rings is 1. The summed E-state index contributed by atoms with van der Waals surface area (Å²) in [4.78, 5) is 72.1. The molecule has 0 bridgehead atoms. The van der Waals surface area contributed by atoms with Crippen LogP contribution in [0.1, 0.15) is 12.5 Å². The fourth-order valence-electron chi connectivity index (χ4n) is 3.20. The van der Waals surface area contributed by atoms with Gasteiger partial charge in [0.05, 0.1) is 37.6 Å². The van der Waals surface area contributed by atoms with Gasteiger partial charge in [0, 0.05) is 19.5 Å². The Morgan fingerprint density at radius 3 is 2.61 bits per heavy atom. The fraction of sp³-hybridized carbons (Fsp3) is 0.571. The molecule has 31 heavy (non-hydrogen) atoms. The van der Waals surface area contributed by atoms with Gasteiger partial charge in [0.2, 0.25) is 5.91 Å². The number of rotatable bonds is 8. The highest BCUT2D eigenvalue weighted by molar-refractivity contribution is 7.52. The largest absolute Gasteiger partial charge is 0.378 e. The van der Waals surface area contributed by atoms with Gasteiger partial charge in [-0.3, -0.25) is 18.7 Å². The lowest BCUT2D eigenvalue weighted by Crippen LogP contribution is -2.31. The number of amides is 1. The third-order valence-corrected chi connectivity index (χ3v) is 6.51. The van der Waals surface area contributed by atoms with Crippen LogP contribution in [0.4, 0.5) is 0 Å². The van der Waals surface area contributed by atoms with Gasteiger partial charge < -0.3 is 43.9 Å². The molecule has 1 amide bonds. The second-order valence-electron chi connectivity index (χ2n) is 7.00. The molecule has 3 heterocycles. The average Bonchev–Trinajstić information content (AvgIpc) is 3.27. The highest BCUT2D eigenvalue weighted by Crippen LogP contribution is 2.40. The Labute approximate surface area is 174 Å². The van der Waals surface area contributed by atoms with E-state index in [0.717, 1.165) is 6.33 Å². The molecule has 6 N–H and O–H groups in total. The topological polar surface area (TPSA) is 228 Å². The van der Waals surface area contributed by atoms with Crippen LogP contribution >= 0.6 is 15.2 Å². The molecular formula is C14H21N5O10P2. The molecule has 1 fully saturated rings. The Balaban J connectivity index is 1.84. The first-order chi connectivity index (χ1) is 14.4. The van der Waals surface area contributed by atoms with Gasteiger partial charge in [0.15, 0.2) is 17.0 Å². The number of aliphatic hydroxyl groups excluding tert-OH is 1. The quantitative estimate of drug-likeness (QED) is 0.224. The molecular weight excluding hydrogens is 460 g/mol. The van der Waals surface area contributed by atoms with Crippen LogP contribution in [-0.4, -0.2) is 92.8 Å². The van der Waals surface area contributed by atoms with E-state index in [9.17, 15) is 23.8 Å². The maximum Gasteiger partial charge on any atom is 0.356 e. The van der Waals surface area contributed by atoms with E-state index in [1.54, 1.807) is 0 Å². The van der Waals surface area contributed by atoms with Crippen LogP contribution in [0.25, 0.3) is 11.2 Å². The zero-order valence-corrected chi connectivity index (χ0v) is 17.7. The lowest BCUT2D eigenvalue weighted by atomic mass is 10.2. The molecule has 1 aliphatic heterocycles. The first kappa shape index (κ1) is 23.7. The lowest BCUT2D eigenvalue weighted by Gasteiger charge is -2.22. The van der Waals surface area contributed by atoms with Crippen molar-refractivity contribution in [1.29, 1.82) is 0 Å². The lowest BCUT2D eigenvalue weighted by molar-refractivity contribution is -0.130. The molecule has 0 aliphatic carbocycles. The van der Waals surface area contributed by atoms with Crippen LogP contribution in [-0.2, 0) is 18.7 Å². The van der Waals surface area contributed by atoms with Crippen molar-refractivity contribution in [2.45, 2.75) is 24.4 Å². The van der Waals surface area contributed by atoms with Crippen molar-refractivity contribution in [1.82, 2.24) is 24.4 Å². The van der Waals surface area contributed by atoms with E-state index in [1.807, 2.05) is 0 Å². The van der Waals surface area contributed by atoms with Gasteiger partial charge in [-0.05, 0) is 0 Å². The number of aromatic nitrogens is 4. The molecule has 17 heteroatoms. The average molecular weight is 481 g/mol. The minimum atomic E-state index is -4.82. The van der Waals surface area contributed by atoms with Gasteiger partial charge in [-0.25, -0.2) is 9.97 Å². The van der Waals surface area contributed by atoms with Crippen molar-refractivity contribution in [3.63, 3.8) is 0 Å². The summed E-state index contributed by atoms with van der Waals surface area (Å²) in [6.45, 7) is -0.811. The molecule has 1 saturated heterocycles. The van der Waals surface area contributed by atoms with Crippen LogP contribution in [0.5, 0.6) is 0 Å². The number of fused-ring (bicyclic) bond motifs is 1. The molecule has 0 aromatic carbocycles. The van der Waals surface area contributed by atoms with Crippen molar-refractivity contribution in [3.8, 4) is 0 Å². The minimum Gasteiger partial charge on any atom is -0.378 e. The summed E-state index contributed by atoms with van der Waals surface area (Å²) < 4.78 is 29.2. The Hall–Kier alpha value is -1.96. The zero-order valence-electron chi connectivity index (χ0n) is 15.9. The van der Waals surface area contributed by atoms with E-state index >= 15 is 0 Å². The summed E-state index contributed by atoms with van der Waals surface area (Å²) in [5.41, 5.74) is -0.282. The molecule has 0 spiro atoms. The smallest absolute Gasteiger partial charge is 0.356 e. The maximum atomic E-state index is 12.4. The summed E-state index contributed by atoms with van der Waals surface area (Å²) in [5.74, 6) is -2.64. The third-order valence-electron chi connectivity index (χ3n) is 4.78. The van der Waals surface area contributed by atoms with Gasteiger partial charge in [0.1, 0.15) is 0 Å². The number of carbonyl (C=O) groups is 1. The number of nitrogens with zero attached hydrogens (tertiary/aromatic N) is 4. The fourth-order valence-corrected chi connectivity index (χ4v) is 3.97. The number of hydrogen-bond donors (Lipinski definition) is 6. The van der Waals surface area contributed by atoms with Gasteiger partial charge in [-0.15, -0.1) is 0 Å². The van der Waals surface area contributed by atoms with E-state index in [1.165, 1.54) is 15.8 Å². The van der Waals surface area contributed by atoms with Crippen LogP contribution < -0.4 is 5.56 Å². The van der Waals surface area contributed by atoms with Crippen LogP contribution in [0, 0.1) is 0 Å². The Morgan fingerprint density at radius 1 is 1.26 bits per heavy atom. The van der Waals surface area contributed by atoms with E-state index in [2.05, 4.69) is 15.0 Å². The summed E-state index contributed by atoms with van der Waals surface area (Å²) >= 11 is 0. The van der Waals surface area contributed by atoms with Crippen molar-refractivity contribution < 1.29 is 43.3 Å². The van der Waals surface area contributed by atoms with Gasteiger partial charge >= 0.3 is 15.2 Å². The van der Waals surface area contributed by atoms with Crippen LogP contribution in [0.15, 0.2) is 17.4 Å². The van der Waals surface area contributed by atoms with E-state index in [-0.39, 0.29) is 24.3 Å². The second-order valence-corrected chi connectivity index (χ2v) is 10.6. The first-order valence-corrected chi connectivity index (χ1v) is 12.4. The third kappa shape index (κ3) is 5.64.